The van der Waals surface area contributed by atoms with Gasteiger partial charge in [-0.15, -0.1) is 11.8 Å². The topological polar surface area (TPSA) is 29.4 Å². The van der Waals surface area contributed by atoms with Crippen molar-refractivity contribution in [1.29, 1.82) is 0 Å². The molecule has 1 aromatic rings. The van der Waals surface area contributed by atoms with E-state index in [0.717, 1.165) is 30.2 Å². The number of nitrogens with zero attached hydrogens (tertiary/aromatic N) is 1. The first kappa shape index (κ1) is 35.1. The second kappa shape index (κ2) is 20.2. The van der Waals surface area contributed by atoms with E-state index in [0.29, 0.717) is 5.92 Å². The van der Waals surface area contributed by atoms with Crippen molar-refractivity contribution in [3.05, 3.63) is 37.6 Å². The number of carbonyl (C=O) groups excluding carboxylic acids is 1. The summed E-state index contributed by atoms with van der Waals surface area (Å²) in [5, 5.41) is 0. The molecule has 0 radical (unpaired) electrons. The van der Waals surface area contributed by atoms with Crippen LogP contribution in [0.2, 0.25) is 0 Å². The van der Waals surface area contributed by atoms with Gasteiger partial charge in [-0.2, -0.15) is 19.8 Å². The fourth-order valence-electron chi connectivity index (χ4n) is 2.81. The van der Waals surface area contributed by atoms with Crippen LogP contribution in [0.5, 0.6) is 0 Å². The third kappa shape index (κ3) is 16.2. The van der Waals surface area contributed by atoms with Crippen molar-refractivity contribution in [2.24, 2.45) is 22.2 Å². The first-order valence-corrected chi connectivity index (χ1v) is 11.7. The number of benzene rings is 1. The Labute approximate surface area is 235 Å². The third-order valence-corrected chi connectivity index (χ3v) is 5.32. The van der Waals surface area contributed by atoms with Crippen molar-refractivity contribution >= 4 is 29.4 Å². The molecule has 0 spiro atoms. The Bertz CT molecular complexity index is 582. The Morgan fingerprint density at radius 2 is 1.67 bits per heavy atom. The van der Waals surface area contributed by atoms with Crippen molar-refractivity contribution in [2.75, 3.05) is 5.75 Å². The van der Waals surface area contributed by atoms with Crippen molar-refractivity contribution in [3.8, 4) is 0 Å². The van der Waals surface area contributed by atoms with Gasteiger partial charge in [-0.3, -0.25) is 11.3 Å². The van der Waals surface area contributed by atoms with Gasteiger partial charge in [0.25, 0.3) is 0 Å². The van der Waals surface area contributed by atoms with Crippen LogP contribution in [0.1, 0.15) is 80.2 Å². The summed E-state index contributed by atoms with van der Waals surface area (Å²) in [5.74, 6) is 2.34. The average Bonchev–Trinajstić information content (AvgIpc) is 2.63. The van der Waals surface area contributed by atoms with Gasteiger partial charge >= 0.3 is 51.4 Å². The van der Waals surface area contributed by atoms with Crippen LogP contribution in [0.25, 0.3) is 0 Å². The molecule has 0 atom stereocenters. The predicted molar refractivity (Wildman–Crippen MR) is 134 cm³/mol. The van der Waals surface area contributed by atoms with E-state index in [2.05, 4.69) is 87.4 Å². The molecule has 0 aliphatic heterocycles. The number of hydrogen-bond donors (Lipinski definition) is 0. The summed E-state index contributed by atoms with van der Waals surface area (Å²) in [6, 6.07) is 6.59. The van der Waals surface area contributed by atoms with Crippen LogP contribution < -0.4 is 51.4 Å². The Balaban J connectivity index is -0.000000557. The molecule has 0 bridgehead atoms. The summed E-state index contributed by atoms with van der Waals surface area (Å²) in [7, 11) is 0. The zero-order valence-corrected chi connectivity index (χ0v) is 25.3. The van der Waals surface area contributed by atoms with Crippen LogP contribution in [0, 0.1) is 38.0 Å². The molecule has 168 valence electrons. The number of rotatable bonds is 7. The molecule has 2 nitrogen and oxygen atoms in total. The Hall–Kier alpha value is 0.546. The maximum absolute atomic E-state index is 8.68. The number of aryl methyl sites for hydroxylation is 1. The van der Waals surface area contributed by atoms with Crippen molar-refractivity contribution in [1.82, 2.24) is 0 Å². The zero-order chi connectivity index (χ0) is 23.0. The quantitative estimate of drug-likeness (QED) is 0.235. The van der Waals surface area contributed by atoms with E-state index in [4.69, 9.17) is 9.79 Å². The summed E-state index contributed by atoms with van der Waals surface area (Å²) in [5.41, 5.74) is 3.77. The summed E-state index contributed by atoms with van der Waals surface area (Å²) in [6.45, 7) is 26.6. The predicted octanol–water partition coefficient (Wildman–Crippen LogP) is 5.46. The minimum Gasteiger partial charge on any atom is -0.542 e. The van der Waals surface area contributed by atoms with E-state index in [-0.39, 0.29) is 56.8 Å². The van der Waals surface area contributed by atoms with E-state index >= 15 is 0 Å². The van der Waals surface area contributed by atoms with Crippen LogP contribution in [0.15, 0.2) is 28.1 Å². The van der Waals surface area contributed by atoms with Crippen LogP contribution in [0.3, 0.4) is 0 Å². The van der Waals surface area contributed by atoms with Crippen LogP contribution in [-0.4, -0.2) is 17.8 Å². The number of hydrogen-bond acceptors (Lipinski definition) is 3. The Morgan fingerprint density at radius 3 is 1.97 bits per heavy atom. The molecule has 0 unspecified atom stereocenters. The van der Waals surface area contributed by atoms with Crippen molar-refractivity contribution in [2.45, 2.75) is 86.5 Å². The van der Waals surface area contributed by atoms with Crippen LogP contribution >= 0.6 is 11.8 Å². The normalized spacial score (nSPS) is 11.2. The van der Waals surface area contributed by atoms with Gasteiger partial charge < -0.3 is 18.6 Å². The maximum Gasteiger partial charge on any atom is 1.00 e. The van der Waals surface area contributed by atoms with E-state index in [9.17, 15) is 0 Å². The first-order valence-electron chi connectivity index (χ1n) is 10.7. The Morgan fingerprint density at radius 1 is 1.17 bits per heavy atom. The standard InChI is InChI=1S/C17H27NS.C7H14.C2H3O.K/c1-8-19-14-10-9-13(4)15(11-14)18-16(12(2)3)17(5,6)7;1-4-7(5-2)6-3;1-2-3;/h9-12H,8H2,1-7H3;7H,1-2,4-6H2,3H3;1H3;/q;-2;-1;+1. The molecule has 0 N–H and O–H groups in total. The molecule has 1 aromatic carbocycles. The minimum absolute atomic E-state index is 0. The van der Waals surface area contributed by atoms with Crippen molar-refractivity contribution in [3.63, 3.8) is 0 Å². The second-order valence-electron chi connectivity index (χ2n) is 8.34. The minimum atomic E-state index is 0. The molecule has 0 fully saturated rings. The molecule has 0 amide bonds. The Kier molecular flexibility index (Phi) is 23.6. The summed E-state index contributed by atoms with van der Waals surface area (Å²) in [4.78, 5) is 15.0. The van der Waals surface area contributed by atoms with Gasteiger partial charge in [-0.25, -0.2) is 0 Å². The van der Waals surface area contributed by atoms with E-state index in [1.54, 1.807) is 0 Å². The SMILES string of the molecule is CCSc1ccc(C)c(N=C(C(C)C)C(C)(C)C)c1.C[C-]=O.[CH2-]CC(C[CH2-])CC.[K+]. The van der Waals surface area contributed by atoms with Gasteiger partial charge in [-0.05, 0) is 36.3 Å². The van der Waals surface area contributed by atoms with Gasteiger partial charge in [0.2, 0.25) is 0 Å². The molecular formula is C26H44KNOS-2. The van der Waals surface area contributed by atoms with Gasteiger partial charge in [-0.1, -0.05) is 66.9 Å². The molecule has 4 heteroatoms. The number of aliphatic imine (C=N–C) groups is 1. The third-order valence-electron chi connectivity index (χ3n) is 4.44. The molecule has 0 saturated carbocycles. The maximum atomic E-state index is 8.68. The molecule has 0 aliphatic rings. The second-order valence-corrected chi connectivity index (χ2v) is 9.68. The molecule has 0 aromatic heterocycles. The largest absolute Gasteiger partial charge is 1.00 e. The monoisotopic (exact) mass is 457 g/mol. The molecule has 30 heavy (non-hydrogen) atoms. The zero-order valence-electron chi connectivity index (χ0n) is 21.4. The van der Waals surface area contributed by atoms with Gasteiger partial charge in [0.05, 0.1) is 5.69 Å². The van der Waals surface area contributed by atoms with Crippen molar-refractivity contribution < 1.29 is 56.2 Å². The average molecular weight is 458 g/mol. The first-order chi connectivity index (χ1) is 13.5. The number of thioether (sulfide) groups is 1. The van der Waals surface area contributed by atoms with E-state index in [1.807, 2.05) is 11.8 Å². The fourth-order valence-corrected chi connectivity index (χ4v) is 3.50. The van der Waals surface area contributed by atoms with E-state index < -0.39 is 0 Å². The van der Waals surface area contributed by atoms with E-state index in [1.165, 1.54) is 35.8 Å². The molecular weight excluding hydrogens is 413 g/mol. The summed E-state index contributed by atoms with van der Waals surface area (Å²) < 4.78 is 0. The smallest absolute Gasteiger partial charge is 0.542 e. The fraction of sp³-hybridized carbons (Fsp3) is 0.615. The molecule has 1 rings (SSSR count). The molecule has 0 heterocycles. The summed E-state index contributed by atoms with van der Waals surface area (Å²) >= 11 is 1.87. The van der Waals surface area contributed by atoms with Gasteiger partial charge in [0.1, 0.15) is 0 Å². The van der Waals surface area contributed by atoms with Crippen LogP contribution in [0.4, 0.5) is 5.69 Å². The molecule has 0 saturated heterocycles. The molecule has 0 aliphatic carbocycles. The van der Waals surface area contributed by atoms with Crippen LogP contribution in [-0.2, 0) is 4.79 Å². The summed E-state index contributed by atoms with van der Waals surface area (Å²) in [6.07, 6.45) is 4.81. The van der Waals surface area contributed by atoms with Gasteiger partial charge in [0.15, 0.2) is 0 Å². The van der Waals surface area contributed by atoms with Gasteiger partial charge in [0, 0.05) is 16.0 Å².